The summed E-state index contributed by atoms with van der Waals surface area (Å²) < 4.78 is 12.6. The third kappa shape index (κ3) is 7.82. The number of hydrogen-bond donors (Lipinski definition) is 6. The largest absolute Gasteiger partial charge is 0.506 e. The number of halogens is 1. The van der Waals surface area contributed by atoms with Crippen LogP contribution in [-0.4, -0.2) is 76.5 Å². The quantitative estimate of drug-likeness (QED) is 0.0684. The molecular formula is C38H41ClN4O8S3. The van der Waals surface area contributed by atoms with Gasteiger partial charge in [0.15, 0.2) is 0 Å². The summed E-state index contributed by atoms with van der Waals surface area (Å²) in [7, 11) is 1.53. The number of hydrogen-bond acceptors (Lipinski definition) is 12. The lowest BCUT2D eigenvalue weighted by Gasteiger charge is -2.53. The standard InChI is InChI=1S/C38H41ClN4O8S3/c1-50-29-17-26(25(39)16-22(29)20-40-21-28(45)24-6-7-27(44)33-34(24)54-36(49)42-33)41-32(46)8-11-43-12-9-37(10-13-43)18-23(19-37)51-38(35(47)48,30-4-2-14-52-30)31-5-3-15-53-31/h2-7,14-17,23,28,40,44-45H,8-13,18-21H2,1H3,(H,41,46)(H,42,49)(H,47,48)/t28-/m0/s1. The maximum Gasteiger partial charge on any atom is 0.347 e. The molecule has 4 heterocycles. The Morgan fingerprint density at radius 1 is 1.11 bits per heavy atom. The minimum atomic E-state index is -1.49. The number of phenolic OH excluding ortho intramolecular Hbond substituents is 1. The zero-order valence-corrected chi connectivity index (χ0v) is 32.6. The van der Waals surface area contributed by atoms with Crippen LogP contribution in [0.4, 0.5) is 5.69 Å². The molecule has 1 atom stereocenters. The second kappa shape index (κ2) is 16.1. The SMILES string of the molecule is COc1cc(NC(=O)CCN2CCC3(CC2)CC(OC(C(=O)O)(c2cccs2)c2cccs2)C3)c(Cl)cc1CNC[C@H](O)c1ccc(O)c2[nH]c(=O)sc12. The minimum absolute atomic E-state index is 0.0550. The zero-order valence-electron chi connectivity index (χ0n) is 29.4. The number of thiazole rings is 1. The van der Waals surface area contributed by atoms with Gasteiger partial charge in [-0.3, -0.25) is 9.59 Å². The number of H-pyrrole nitrogens is 1. The van der Waals surface area contributed by atoms with Gasteiger partial charge in [0.25, 0.3) is 0 Å². The number of methoxy groups -OCH3 is 1. The number of amides is 1. The van der Waals surface area contributed by atoms with Crippen molar-refractivity contribution in [3.63, 3.8) is 0 Å². The van der Waals surface area contributed by atoms with Crippen LogP contribution < -0.4 is 20.2 Å². The van der Waals surface area contributed by atoms with E-state index in [1.165, 1.54) is 35.8 Å². The number of likely N-dealkylation sites (tertiary alicyclic amines) is 1. The number of aliphatic hydroxyl groups is 1. The first-order chi connectivity index (χ1) is 26.0. The minimum Gasteiger partial charge on any atom is -0.506 e. The van der Waals surface area contributed by atoms with E-state index in [0.29, 0.717) is 61.5 Å². The van der Waals surface area contributed by atoms with Crippen LogP contribution in [0.25, 0.3) is 10.2 Å². The summed E-state index contributed by atoms with van der Waals surface area (Å²) in [5.41, 5.74) is 0.630. The van der Waals surface area contributed by atoms with E-state index in [1.54, 1.807) is 18.2 Å². The van der Waals surface area contributed by atoms with Gasteiger partial charge >= 0.3 is 10.8 Å². The highest BCUT2D eigenvalue weighted by Crippen LogP contribution is 2.53. The van der Waals surface area contributed by atoms with E-state index in [2.05, 4.69) is 20.5 Å². The predicted octanol–water partition coefficient (Wildman–Crippen LogP) is 6.52. The highest BCUT2D eigenvalue weighted by atomic mass is 35.5. The summed E-state index contributed by atoms with van der Waals surface area (Å²) in [5.74, 6) is -0.692. The molecule has 2 fully saturated rings. The Bertz CT molecular complexity index is 2120. The van der Waals surface area contributed by atoms with Crippen molar-refractivity contribution in [2.75, 3.05) is 38.6 Å². The lowest BCUT2D eigenvalue weighted by atomic mass is 9.61. The predicted molar refractivity (Wildman–Crippen MR) is 211 cm³/mol. The lowest BCUT2D eigenvalue weighted by Crippen LogP contribution is -2.53. The monoisotopic (exact) mass is 812 g/mol. The van der Waals surface area contributed by atoms with Gasteiger partial charge in [-0.1, -0.05) is 41.1 Å². The molecule has 0 bridgehead atoms. The number of aromatic amines is 1. The van der Waals surface area contributed by atoms with Crippen molar-refractivity contribution < 1.29 is 34.4 Å². The van der Waals surface area contributed by atoms with Crippen LogP contribution >= 0.6 is 45.6 Å². The molecule has 7 rings (SSSR count). The summed E-state index contributed by atoms with van der Waals surface area (Å²) in [6, 6.07) is 13.8. The highest BCUT2D eigenvalue weighted by Gasteiger charge is 2.53. The van der Waals surface area contributed by atoms with Crippen molar-refractivity contribution in [1.29, 1.82) is 0 Å². The Labute approximate surface area is 328 Å². The van der Waals surface area contributed by atoms with Crippen molar-refractivity contribution in [3.8, 4) is 11.5 Å². The molecule has 1 amide bonds. The summed E-state index contributed by atoms with van der Waals surface area (Å²) in [4.78, 5) is 43.6. The molecule has 1 saturated heterocycles. The van der Waals surface area contributed by atoms with E-state index in [-0.39, 0.29) is 34.6 Å². The topological polar surface area (TPSA) is 173 Å². The summed E-state index contributed by atoms with van der Waals surface area (Å²) >= 11 is 10.3. The Morgan fingerprint density at radius 3 is 2.44 bits per heavy atom. The molecule has 6 N–H and O–H groups in total. The van der Waals surface area contributed by atoms with Crippen molar-refractivity contribution in [2.24, 2.45) is 5.41 Å². The van der Waals surface area contributed by atoms with Gasteiger partial charge in [-0.25, -0.2) is 4.79 Å². The molecule has 5 aromatic rings. The molecule has 1 aliphatic heterocycles. The number of nitrogens with one attached hydrogen (secondary N) is 3. The second-order valence-electron chi connectivity index (χ2n) is 13.9. The lowest BCUT2D eigenvalue weighted by molar-refractivity contribution is -0.190. The molecule has 1 aliphatic carbocycles. The van der Waals surface area contributed by atoms with Crippen LogP contribution in [0.2, 0.25) is 5.02 Å². The Balaban J connectivity index is 0.873. The van der Waals surface area contributed by atoms with Gasteiger partial charge in [0.2, 0.25) is 11.5 Å². The molecular weight excluding hydrogens is 772 g/mol. The van der Waals surface area contributed by atoms with Crippen molar-refractivity contribution in [2.45, 2.75) is 56.5 Å². The van der Waals surface area contributed by atoms with Crippen molar-refractivity contribution in [1.82, 2.24) is 15.2 Å². The second-order valence-corrected chi connectivity index (χ2v) is 17.2. The number of rotatable bonds is 15. The number of piperidine rings is 1. The zero-order chi connectivity index (χ0) is 38.0. The van der Waals surface area contributed by atoms with E-state index in [4.69, 9.17) is 21.1 Å². The van der Waals surface area contributed by atoms with Gasteiger partial charge in [0.1, 0.15) is 17.0 Å². The molecule has 3 aromatic heterocycles. The first-order valence-corrected chi connectivity index (χ1v) is 20.6. The maximum atomic E-state index is 13.0. The highest BCUT2D eigenvalue weighted by molar-refractivity contribution is 7.16. The van der Waals surface area contributed by atoms with Crippen LogP contribution in [0.3, 0.4) is 0 Å². The van der Waals surface area contributed by atoms with Crippen LogP contribution in [0.1, 0.15) is 59.1 Å². The Morgan fingerprint density at radius 2 is 1.81 bits per heavy atom. The third-order valence-electron chi connectivity index (χ3n) is 10.5. The van der Waals surface area contributed by atoms with Gasteiger partial charge in [-0.2, -0.15) is 0 Å². The van der Waals surface area contributed by atoms with Crippen LogP contribution in [0, 0.1) is 5.41 Å². The molecule has 286 valence electrons. The fourth-order valence-corrected chi connectivity index (χ4v) is 10.6. The number of anilines is 1. The fourth-order valence-electron chi connectivity index (χ4n) is 7.60. The number of aliphatic carboxylic acids is 1. The van der Waals surface area contributed by atoms with Crippen LogP contribution in [-0.2, 0) is 26.5 Å². The van der Waals surface area contributed by atoms with E-state index in [1.807, 2.05) is 35.0 Å². The van der Waals surface area contributed by atoms with E-state index < -0.39 is 17.7 Å². The van der Waals surface area contributed by atoms with Crippen LogP contribution in [0.15, 0.2) is 64.1 Å². The molecule has 54 heavy (non-hydrogen) atoms. The number of aromatic nitrogens is 1. The number of benzene rings is 2. The summed E-state index contributed by atoms with van der Waals surface area (Å²) in [6.45, 7) is 2.79. The van der Waals surface area contributed by atoms with E-state index in [9.17, 15) is 29.7 Å². The molecule has 16 heteroatoms. The number of carboxylic acids is 1. The first-order valence-electron chi connectivity index (χ1n) is 17.6. The van der Waals surface area contributed by atoms with Gasteiger partial charge in [0, 0.05) is 43.2 Å². The number of thiophene rings is 2. The van der Waals surface area contributed by atoms with Gasteiger partial charge in [-0.05, 0) is 79.2 Å². The fraction of sp³-hybridized carbons (Fsp3) is 0.395. The number of ether oxygens (including phenoxy) is 2. The molecule has 12 nitrogen and oxygen atoms in total. The van der Waals surface area contributed by atoms with Crippen molar-refractivity contribution >= 4 is 73.4 Å². The molecule has 0 unspecified atom stereocenters. The number of carboxylic acid groups (broad SMARTS) is 1. The van der Waals surface area contributed by atoms with Gasteiger partial charge in [-0.15, -0.1) is 22.7 Å². The summed E-state index contributed by atoms with van der Waals surface area (Å²) in [6.07, 6.45) is 2.78. The number of aliphatic hydroxyl groups excluding tert-OH is 1. The van der Waals surface area contributed by atoms with E-state index in [0.717, 1.165) is 55.7 Å². The Hall–Kier alpha value is -3.80. The normalized spacial score (nSPS) is 16.7. The van der Waals surface area contributed by atoms with Gasteiger partial charge in [0.05, 0.1) is 44.5 Å². The van der Waals surface area contributed by atoms with E-state index >= 15 is 0 Å². The molecule has 2 aliphatic rings. The number of phenols is 1. The third-order valence-corrected chi connectivity index (χ3v) is 13.7. The van der Waals surface area contributed by atoms with Crippen molar-refractivity contribution in [3.05, 3.63) is 94.9 Å². The number of aromatic hydroxyl groups is 1. The molecule has 2 aromatic carbocycles. The number of carbonyl (C=O) groups is 2. The maximum absolute atomic E-state index is 13.0. The molecule has 1 spiro atoms. The number of carbonyl (C=O) groups excluding carboxylic acids is 1. The average molecular weight is 813 g/mol. The summed E-state index contributed by atoms with van der Waals surface area (Å²) in [5, 5.41) is 41.6. The Kier molecular flexibility index (Phi) is 11.5. The smallest absolute Gasteiger partial charge is 0.347 e. The average Bonchev–Trinajstić information content (AvgIpc) is 3.94. The number of fused-ring (bicyclic) bond motifs is 1. The number of nitrogens with zero attached hydrogens (tertiary/aromatic N) is 1. The molecule has 0 radical (unpaired) electrons. The van der Waals surface area contributed by atoms with Crippen LogP contribution in [0.5, 0.6) is 11.5 Å². The van der Waals surface area contributed by atoms with Gasteiger partial charge < -0.3 is 45.3 Å². The molecule has 1 saturated carbocycles. The first kappa shape index (κ1) is 38.5.